The van der Waals surface area contributed by atoms with Crippen LogP contribution in [0.5, 0.6) is 5.75 Å². The first-order valence-corrected chi connectivity index (χ1v) is 10.6. The Morgan fingerprint density at radius 1 is 1.20 bits per heavy atom. The lowest BCUT2D eigenvalue weighted by molar-refractivity contribution is 0.102. The summed E-state index contributed by atoms with van der Waals surface area (Å²) in [5, 5.41) is 10.8. The number of carbonyl (C=O) groups excluding carboxylic acids is 1. The van der Waals surface area contributed by atoms with E-state index in [-0.39, 0.29) is 5.91 Å². The van der Waals surface area contributed by atoms with E-state index < -0.39 is 0 Å². The van der Waals surface area contributed by atoms with Crippen molar-refractivity contribution in [3.8, 4) is 17.0 Å². The highest BCUT2D eigenvalue weighted by atomic mass is 16.5. The maximum absolute atomic E-state index is 12.5. The molecule has 1 saturated heterocycles. The molecular weight excluding hydrogens is 376 g/mol. The molecule has 4 rings (SSSR count). The average molecular weight is 405 g/mol. The van der Waals surface area contributed by atoms with Crippen LogP contribution in [0.2, 0.25) is 0 Å². The van der Waals surface area contributed by atoms with E-state index in [1.54, 1.807) is 18.3 Å². The first kappa shape index (κ1) is 20.2. The van der Waals surface area contributed by atoms with Crippen LogP contribution in [0.4, 0.5) is 5.69 Å². The Morgan fingerprint density at radius 2 is 2.07 bits per heavy atom. The third kappa shape index (κ3) is 4.89. The number of aryl methyl sites for hydroxylation is 1. The fraction of sp³-hybridized carbons (Fsp3) is 0.333. The van der Waals surface area contributed by atoms with Crippen molar-refractivity contribution in [2.24, 2.45) is 7.05 Å². The van der Waals surface area contributed by atoms with Crippen molar-refractivity contribution in [1.29, 1.82) is 0 Å². The summed E-state index contributed by atoms with van der Waals surface area (Å²) < 4.78 is 7.98. The van der Waals surface area contributed by atoms with E-state index in [4.69, 9.17) is 4.74 Å². The molecule has 6 nitrogen and oxygen atoms in total. The number of ether oxygens (including phenoxy) is 1. The van der Waals surface area contributed by atoms with Crippen LogP contribution in [-0.4, -0.2) is 34.9 Å². The minimum atomic E-state index is -0.136. The summed E-state index contributed by atoms with van der Waals surface area (Å²) in [6, 6.07) is 17.5. The van der Waals surface area contributed by atoms with Crippen LogP contribution < -0.4 is 15.4 Å². The van der Waals surface area contributed by atoms with Crippen molar-refractivity contribution in [1.82, 2.24) is 15.1 Å². The molecule has 1 aliphatic heterocycles. The molecule has 1 fully saturated rings. The third-order valence-corrected chi connectivity index (χ3v) is 5.51. The van der Waals surface area contributed by atoms with Crippen molar-refractivity contribution in [3.05, 3.63) is 66.4 Å². The van der Waals surface area contributed by atoms with E-state index in [0.717, 1.165) is 35.7 Å². The SMILES string of the molecule is Cn1nccc1-c1cc(NC(=O)c2ccccc2)ccc1OCCC1CCCCN1. The van der Waals surface area contributed by atoms with Gasteiger partial charge >= 0.3 is 0 Å². The molecule has 30 heavy (non-hydrogen) atoms. The quantitative estimate of drug-likeness (QED) is 0.618. The van der Waals surface area contributed by atoms with Gasteiger partial charge in [0.05, 0.1) is 12.3 Å². The number of piperidine rings is 1. The first-order chi connectivity index (χ1) is 14.7. The predicted octanol–water partition coefficient (Wildman–Crippen LogP) is 4.25. The summed E-state index contributed by atoms with van der Waals surface area (Å²) in [4.78, 5) is 12.5. The Kier molecular flexibility index (Phi) is 6.44. The normalized spacial score (nSPS) is 16.2. The number of anilines is 1. The molecule has 2 aromatic carbocycles. The van der Waals surface area contributed by atoms with E-state index >= 15 is 0 Å². The number of aromatic nitrogens is 2. The zero-order valence-electron chi connectivity index (χ0n) is 17.3. The summed E-state index contributed by atoms with van der Waals surface area (Å²) >= 11 is 0. The molecule has 1 unspecified atom stereocenters. The molecule has 156 valence electrons. The minimum Gasteiger partial charge on any atom is -0.493 e. The van der Waals surface area contributed by atoms with Crippen LogP contribution in [0, 0.1) is 0 Å². The van der Waals surface area contributed by atoms with Crippen LogP contribution in [0.1, 0.15) is 36.0 Å². The molecule has 1 aromatic heterocycles. The summed E-state index contributed by atoms with van der Waals surface area (Å²) in [6.45, 7) is 1.75. The summed E-state index contributed by atoms with van der Waals surface area (Å²) in [5.74, 6) is 0.663. The highest BCUT2D eigenvalue weighted by molar-refractivity contribution is 6.04. The molecule has 2 heterocycles. The Morgan fingerprint density at radius 3 is 2.80 bits per heavy atom. The minimum absolute atomic E-state index is 0.136. The summed E-state index contributed by atoms with van der Waals surface area (Å²) in [5.41, 5.74) is 3.20. The number of hydrogen-bond acceptors (Lipinski definition) is 4. The second-order valence-corrected chi connectivity index (χ2v) is 7.66. The lowest BCUT2D eigenvalue weighted by atomic mass is 10.0. The monoisotopic (exact) mass is 404 g/mol. The number of nitrogens with one attached hydrogen (secondary N) is 2. The standard InChI is InChI=1S/C24H28N4O2/c1-28-22(12-15-26-28)21-17-20(27-24(29)18-7-3-2-4-8-18)10-11-23(21)30-16-13-19-9-5-6-14-25-19/h2-4,7-8,10-12,15,17,19,25H,5-6,9,13-14,16H2,1H3,(H,27,29). The number of hydrogen-bond donors (Lipinski definition) is 2. The van der Waals surface area contributed by atoms with E-state index in [9.17, 15) is 4.79 Å². The van der Waals surface area contributed by atoms with E-state index in [1.165, 1.54) is 19.3 Å². The zero-order valence-corrected chi connectivity index (χ0v) is 17.3. The number of carbonyl (C=O) groups is 1. The molecule has 0 aliphatic carbocycles. The van der Waals surface area contributed by atoms with Crippen LogP contribution in [0.25, 0.3) is 11.3 Å². The Labute approximate surface area is 177 Å². The van der Waals surface area contributed by atoms with Crippen molar-refractivity contribution in [2.45, 2.75) is 31.7 Å². The molecule has 0 spiro atoms. The van der Waals surface area contributed by atoms with Gasteiger partial charge in [-0.05, 0) is 62.2 Å². The van der Waals surface area contributed by atoms with Gasteiger partial charge in [-0.1, -0.05) is 24.6 Å². The van der Waals surface area contributed by atoms with Gasteiger partial charge in [0.2, 0.25) is 0 Å². The topological polar surface area (TPSA) is 68.2 Å². The third-order valence-electron chi connectivity index (χ3n) is 5.51. The number of amides is 1. The van der Waals surface area contributed by atoms with E-state index in [2.05, 4.69) is 15.7 Å². The lowest BCUT2D eigenvalue weighted by Gasteiger charge is -2.23. The second-order valence-electron chi connectivity index (χ2n) is 7.66. The van der Waals surface area contributed by atoms with Gasteiger partial charge in [-0.2, -0.15) is 5.10 Å². The highest BCUT2D eigenvalue weighted by Crippen LogP contribution is 2.33. The predicted molar refractivity (Wildman–Crippen MR) is 119 cm³/mol. The van der Waals surface area contributed by atoms with Crippen LogP contribution in [0.3, 0.4) is 0 Å². The number of benzene rings is 2. The molecule has 0 radical (unpaired) electrons. The van der Waals surface area contributed by atoms with Gasteiger partial charge in [0.1, 0.15) is 5.75 Å². The summed E-state index contributed by atoms with van der Waals surface area (Å²) in [6.07, 6.45) is 6.51. The average Bonchev–Trinajstić information content (AvgIpc) is 3.21. The number of rotatable bonds is 7. The van der Waals surface area contributed by atoms with Gasteiger partial charge < -0.3 is 15.4 Å². The zero-order chi connectivity index (χ0) is 20.8. The number of nitrogens with zero attached hydrogens (tertiary/aromatic N) is 2. The first-order valence-electron chi connectivity index (χ1n) is 10.6. The van der Waals surface area contributed by atoms with Crippen LogP contribution >= 0.6 is 0 Å². The Bertz CT molecular complexity index is 978. The maximum atomic E-state index is 12.5. The molecule has 2 N–H and O–H groups in total. The van der Waals surface area contributed by atoms with Crippen molar-refractivity contribution < 1.29 is 9.53 Å². The van der Waals surface area contributed by atoms with Gasteiger partial charge in [0.25, 0.3) is 5.91 Å². The van der Waals surface area contributed by atoms with Gasteiger partial charge in [-0.3, -0.25) is 9.48 Å². The van der Waals surface area contributed by atoms with Gasteiger partial charge in [-0.25, -0.2) is 0 Å². The molecule has 0 bridgehead atoms. The Hall–Kier alpha value is -3.12. The molecular formula is C24H28N4O2. The van der Waals surface area contributed by atoms with Crippen molar-refractivity contribution in [3.63, 3.8) is 0 Å². The lowest BCUT2D eigenvalue weighted by Crippen LogP contribution is -2.35. The van der Waals surface area contributed by atoms with Crippen LogP contribution in [-0.2, 0) is 7.05 Å². The highest BCUT2D eigenvalue weighted by Gasteiger charge is 2.15. The maximum Gasteiger partial charge on any atom is 0.255 e. The van der Waals surface area contributed by atoms with E-state index in [0.29, 0.717) is 18.2 Å². The Balaban J connectivity index is 1.51. The van der Waals surface area contributed by atoms with Crippen LogP contribution in [0.15, 0.2) is 60.8 Å². The van der Waals surface area contributed by atoms with Crippen molar-refractivity contribution >= 4 is 11.6 Å². The summed E-state index contributed by atoms with van der Waals surface area (Å²) in [7, 11) is 1.90. The smallest absolute Gasteiger partial charge is 0.255 e. The molecule has 1 aliphatic rings. The molecule has 1 amide bonds. The largest absolute Gasteiger partial charge is 0.493 e. The molecule has 0 saturated carbocycles. The van der Waals surface area contributed by atoms with Gasteiger partial charge in [-0.15, -0.1) is 0 Å². The van der Waals surface area contributed by atoms with Gasteiger partial charge in [0.15, 0.2) is 0 Å². The fourth-order valence-electron chi connectivity index (χ4n) is 3.85. The molecule has 3 aromatic rings. The van der Waals surface area contributed by atoms with E-state index in [1.807, 2.05) is 54.2 Å². The molecule has 1 atom stereocenters. The fourth-order valence-corrected chi connectivity index (χ4v) is 3.85. The van der Waals surface area contributed by atoms with Crippen molar-refractivity contribution in [2.75, 3.05) is 18.5 Å². The van der Waals surface area contributed by atoms with Gasteiger partial charge in [0, 0.05) is 36.1 Å². The second kappa shape index (κ2) is 9.59. The molecule has 6 heteroatoms.